The number of rotatable bonds is 3. The lowest BCUT2D eigenvalue weighted by Gasteiger charge is -2.04. The molecule has 2 aromatic rings. The first kappa shape index (κ1) is 10.8. The van der Waals surface area contributed by atoms with Gasteiger partial charge in [-0.2, -0.15) is 20.1 Å². The fraction of sp³-hybridized carbons (Fsp3) is 0.333. The number of hydrogen-bond acceptors (Lipinski definition) is 5. The van der Waals surface area contributed by atoms with Gasteiger partial charge in [0.25, 0.3) is 5.95 Å². The van der Waals surface area contributed by atoms with E-state index in [2.05, 4.69) is 25.4 Å². The molecule has 7 heteroatoms. The molecule has 0 bridgehead atoms. The first-order chi connectivity index (χ1) is 7.69. The van der Waals surface area contributed by atoms with Crippen molar-refractivity contribution in [2.24, 2.45) is 0 Å². The maximum Gasteiger partial charge on any atom is 0.256 e. The van der Waals surface area contributed by atoms with Gasteiger partial charge in [0.2, 0.25) is 11.2 Å². The molecule has 0 aliphatic rings. The highest BCUT2D eigenvalue weighted by atomic mass is 35.5. The molecule has 0 atom stereocenters. The second-order valence-corrected chi connectivity index (χ2v) is 3.50. The third-order valence-corrected chi connectivity index (χ3v) is 2.03. The van der Waals surface area contributed by atoms with Crippen LogP contribution in [0.5, 0.6) is 0 Å². The number of nitrogens with one attached hydrogen (secondary N) is 1. The number of anilines is 1. The first-order valence-corrected chi connectivity index (χ1v) is 5.25. The Morgan fingerprint density at radius 2 is 2.19 bits per heavy atom. The Balaban J connectivity index is 2.40. The summed E-state index contributed by atoms with van der Waals surface area (Å²) in [5.41, 5.74) is 0.890. The van der Waals surface area contributed by atoms with Gasteiger partial charge in [0, 0.05) is 12.7 Å². The van der Waals surface area contributed by atoms with E-state index in [-0.39, 0.29) is 5.28 Å². The summed E-state index contributed by atoms with van der Waals surface area (Å²) >= 11 is 5.80. The van der Waals surface area contributed by atoms with Gasteiger partial charge in [0.1, 0.15) is 0 Å². The van der Waals surface area contributed by atoms with E-state index < -0.39 is 0 Å². The molecule has 16 heavy (non-hydrogen) atoms. The maximum atomic E-state index is 5.80. The van der Waals surface area contributed by atoms with E-state index in [4.69, 9.17) is 11.6 Å². The quantitative estimate of drug-likeness (QED) is 0.877. The second kappa shape index (κ2) is 4.44. The number of hydrogen-bond donors (Lipinski definition) is 1. The SMILES string of the molecule is CCNc1nc(Cl)nc(-n2ccc(C)n2)n1. The van der Waals surface area contributed by atoms with Crippen molar-refractivity contribution in [1.29, 1.82) is 0 Å². The van der Waals surface area contributed by atoms with Gasteiger partial charge in [-0.3, -0.25) is 0 Å². The van der Waals surface area contributed by atoms with E-state index in [0.29, 0.717) is 11.9 Å². The monoisotopic (exact) mass is 238 g/mol. The van der Waals surface area contributed by atoms with Gasteiger partial charge >= 0.3 is 0 Å². The third kappa shape index (κ3) is 2.27. The fourth-order valence-corrected chi connectivity index (χ4v) is 1.36. The molecule has 2 heterocycles. The number of aromatic nitrogens is 5. The molecule has 0 aliphatic heterocycles. The molecule has 1 N–H and O–H groups in total. The van der Waals surface area contributed by atoms with E-state index in [1.165, 1.54) is 0 Å². The zero-order chi connectivity index (χ0) is 11.5. The number of halogens is 1. The summed E-state index contributed by atoms with van der Waals surface area (Å²) in [6, 6.07) is 1.87. The lowest BCUT2D eigenvalue weighted by atomic mass is 10.5. The van der Waals surface area contributed by atoms with Crippen molar-refractivity contribution < 1.29 is 0 Å². The van der Waals surface area contributed by atoms with Crippen LogP contribution < -0.4 is 5.32 Å². The van der Waals surface area contributed by atoms with Crippen LogP contribution in [0.4, 0.5) is 5.95 Å². The van der Waals surface area contributed by atoms with Gasteiger partial charge in [-0.15, -0.1) is 0 Å². The van der Waals surface area contributed by atoms with Crippen LogP contribution in [-0.2, 0) is 0 Å². The van der Waals surface area contributed by atoms with Crippen LogP contribution in [0.25, 0.3) is 5.95 Å². The predicted octanol–water partition coefficient (Wildman–Crippen LogP) is 1.45. The molecule has 0 aliphatic carbocycles. The summed E-state index contributed by atoms with van der Waals surface area (Å²) < 4.78 is 1.56. The van der Waals surface area contributed by atoms with Crippen LogP contribution in [0.2, 0.25) is 5.28 Å². The number of nitrogens with zero attached hydrogens (tertiary/aromatic N) is 5. The van der Waals surface area contributed by atoms with Crippen LogP contribution in [0, 0.1) is 6.92 Å². The zero-order valence-electron chi connectivity index (χ0n) is 8.98. The van der Waals surface area contributed by atoms with E-state index >= 15 is 0 Å². The Morgan fingerprint density at radius 1 is 1.38 bits per heavy atom. The normalized spacial score (nSPS) is 10.4. The summed E-state index contributed by atoms with van der Waals surface area (Å²) in [5, 5.41) is 7.33. The summed E-state index contributed by atoms with van der Waals surface area (Å²) in [7, 11) is 0. The topological polar surface area (TPSA) is 68.5 Å². The van der Waals surface area contributed by atoms with Crippen molar-refractivity contribution in [3.63, 3.8) is 0 Å². The standard InChI is InChI=1S/C9H11ClN6/c1-3-11-8-12-7(10)13-9(14-8)16-5-4-6(2)15-16/h4-5H,3H2,1-2H3,(H,11,12,13,14). The van der Waals surface area contributed by atoms with Gasteiger partial charge in [-0.25, -0.2) is 4.68 Å². The van der Waals surface area contributed by atoms with Crippen LogP contribution in [0.1, 0.15) is 12.6 Å². The molecule has 0 spiro atoms. The second-order valence-electron chi connectivity index (χ2n) is 3.16. The molecule has 2 rings (SSSR count). The Morgan fingerprint density at radius 3 is 2.81 bits per heavy atom. The minimum Gasteiger partial charge on any atom is -0.354 e. The zero-order valence-corrected chi connectivity index (χ0v) is 9.73. The average Bonchev–Trinajstić information content (AvgIpc) is 2.64. The van der Waals surface area contributed by atoms with Gasteiger partial charge in [0.05, 0.1) is 5.69 Å². The third-order valence-electron chi connectivity index (χ3n) is 1.86. The number of aryl methyl sites for hydroxylation is 1. The minimum absolute atomic E-state index is 0.147. The molecule has 0 radical (unpaired) electrons. The van der Waals surface area contributed by atoms with E-state index in [1.807, 2.05) is 19.9 Å². The van der Waals surface area contributed by atoms with Crippen molar-refractivity contribution in [3.05, 3.63) is 23.2 Å². The van der Waals surface area contributed by atoms with E-state index in [0.717, 1.165) is 12.2 Å². The Bertz CT molecular complexity index is 494. The highest BCUT2D eigenvalue weighted by Crippen LogP contribution is 2.09. The van der Waals surface area contributed by atoms with Crippen molar-refractivity contribution in [3.8, 4) is 5.95 Å². The molecular weight excluding hydrogens is 228 g/mol. The molecule has 6 nitrogen and oxygen atoms in total. The predicted molar refractivity (Wildman–Crippen MR) is 60.9 cm³/mol. The molecule has 0 amide bonds. The van der Waals surface area contributed by atoms with E-state index in [9.17, 15) is 0 Å². The summed E-state index contributed by atoms with van der Waals surface area (Å²) in [5.74, 6) is 0.856. The van der Waals surface area contributed by atoms with Crippen molar-refractivity contribution in [1.82, 2.24) is 24.7 Å². The molecule has 0 saturated heterocycles. The minimum atomic E-state index is 0.147. The smallest absolute Gasteiger partial charge is 0.256 e. The van der Waals surface area contributed by atoms with Crippen molar-refractivity contribution >= 4 is 17.5 Å². The van der Waals surface area contributed by atoms with Crippen molar-refractivity contribution in [2.75, 3.05) is 11.9 Å². The van der Waals surface area contributed by atoms with E-state index in [1.54, 1.807) is 10.9 Å². The van der Waals surface area contributed by atoms with Crippen LogP contribution in [0.3, 0.4) is 0 Å². The van der Waals surface area contributed by atoms with Crippen LogP contribution >= 0.6 is 11.6 Å². The van der Waals surface area contributed by atoms with Gasteiger partial charge in [-0.05, 0) is 31.5 Å². The van der Waals surface area contributed by atoms with Gasteiger partial charge in [0.15, 0.2) is 0 Å². The molecule has 0 aromatic carbocycles. The molecule has 0 unspecified atom stereocenters. The lowest BCUT2D eigenvalue weighted by molar-refractivity contribution is 0.786. The highest BCUT2D eigenvalue weighted by Gasteiger charge is 2.06. The summed E-state index contributed by atoms with van der Waals surface area (Å²) in [6.07, 6.45) is 1.77. The lowest BCUT2D eigenvalue weighted by Crippen LogP contribution is -2.09. The fourth-order valence-electron chi connectivity index (χ4n) is 1.21. The first-order valence-electron chi connectivity index (χ1n) is 4.87. The summed E-state index contributed by atoms with van der Waals surface area (Å²) in [6.45, 7) is 4.57. The maximum absolute atomic E-state index is 5.80. The molecular formula is C9H11ClN6. The Kier molecular flexibility index (Phi) is 3.00. The molecule has 84 valence electrons. The van der Waals surface area contributed by atoms with Crippen LogP contribution in [-0.4, -0.2) is 31.3 Å². The van der Waals surface area contributed by atoms with Gasteiger partial charge < -0.3 is 5.32 Å². The van der Waals surface area contributed by atoms with Gasteiger partial charge in [-0.1, -0.05) is 0 Å². The average molecular weight is 239 g/mol. The largest absolute Gasteiger partial charge is 0.354 e. The Labute approximate surface area is 97.7 Å². The highest BCUT2D eigenvalue weighted by molar-refractivity contribution is 6.28. The Hall–Kier alpha value is -1.69. The molecule has 2 aromatic heterocycles. The molecule has 0 fully saturated rings. The van der Waals surface area contributed by atoms with Crippen molar-refractivity contribution in [2.45, 2.75) is 13.8 Å². The van der Waals surface area contributed by atoms with Crippen LogP contribution in [0.15, 0.2) is 12.3 Å². The summed E-state index contributed by atoms with van der Waals surface area (Å²) in [4.78, 5) is 12.1. The molecule has 0 saturated carbocycles.